The zero-order valence-corrected chi connectivity index (χ0v) is 12.4. The molecule has 0 aromatic heterocycles. The number of nitrogens with one attached hydrogen (secondary N) is 2. The Kier molecular flexibility index (Phi) is 5.88. The predicted octanol–water partition coefficient (Wildman–Crippen LogP) is 0.970. The van der Waals surface area contributed by atoms with Crippen LogP contribution in [0.3, 0.4) is 0 Å². The lowest BCUT2D eigenvalue weighted by Crippen LogP contribution is -2.31. The molecule has 0 saturated carbocycles. The first-order valence-corrected chi connectivity index (χ1v) is 6.21. The Morgan fingerprint density at radius 1 is 1.30 bits per heavy atom. The Balaban J connectivity index is 2.93. The standard InChI is InChI=1S/C12H18N6OS/c1-8(15-16-12(13)20)11(17-19)14-9-4-6-10(7-5-9)18(2)3/h4-7,19H,1-3H3,(H,14,17)(H3,13,16,20)/b15-8+. The van der Waals surface area contributed by atoms with Gasteiger partial charge in [-0.05, 0) is 43.4 Å². The number of rotatable bonds is 4. The number of nitrogens with two attached hydrogens (primary N) is 1. The van der Waals surface area contributed by atoms with Gasteiger partial charge in [-0.15, -0.1) is 0 Å². The molecule has 0 aliphatic heterocycles. The number of nitrogens with zero attached hydrogens (tertiary/aromatic N) is 3. The second-order valence-corrected chi connectivity index (χ2v) is 4.60. The van der Waals surface area contributed by atoms with Crippen molar-refractivity contribution in [2.75, 3.05) is 19.0 Å². The quantitative estimate of drug-likeness (QED) is 0.286. The lowest BCUT2D eigenvalue weighted by Gasteiger charge is -2.12. The van der Waals surface area contributed by atoms with Gasteiger partial charge in [0.15, 0.2) is 10.9 Å². The molecule has 1 rings (SSSR count). The molecule has 0 aliphatic rings. The van der Waals surface area contributed by atoms with E-state index in [2.05, 4.69) is 27.7 Å². The molecule has 108 valence electrons. The predicted molar refractivity (Wildman–Crippen MR) is 85.8 cm³/mol. The maximum Gasteiger partial charge on any atom is 0.184 e. The fourth-order valence-corrected chi connectivity index (χ4v) is 1.38. The number of benzene rings is 1. The van der Waals surface area contributed by atoms with Crippen LogP contribution in [0.2, 0.25) is 0 Å². The SMILES string of the molecule is C/C(=N\NC(N)=S)C(=Nc1ccc(N(C)C)cc1)NO. The third-order valence-corrected chi connectivity index (χ3v) is 2.48. The second kappa shape index (κ2) is 7.41. The normalized spacial score (nSPS) is 12.0. The Labute approximate surface area is 123 Å². The highest BCUT2D eigenvalue weighted by atomic mass is 32.1. The van der Waals surface area contributed by atoms with Crippen molar-refractivity contribution in [3.8, 4) is 0 Å². The van der Waals surface area contributed by atoms with Crippen LogP contribution in [-0.4, -0.2) is 36.0 Å². The highest BCUT2D eigenvalue weighted by Gasteiger charge is 2.03. The maximum atomic E-state index is 9.10. The van der Waals surface area contributed by atoms with Crippen molar-refractivity contribution in [3.63, 3.8) is 0 Å². The molecule has 7 nitrogen and oxygen atoms in total. The maximum absolute atomic E-state index is 9.10. The Hall–Kier alpha value is -2.19. The third-order valence-electron chi connectivity index (χ3n) is 2.39. The monoisotopic (exact) mass is 294 g/mol. The van der Waals surface area contributed by atoms with E-state index in [1.165, 1.54) is 0 Å². The number of thiocarbonyl (C=S) groups is 1. The first kappa shape index (κ1) is 15.9. The van der Waals surface area contributed by atoms with Gasteiger partial charge >= 0.3 is 0 Å². The largest absolute Gasteiger partial charge is 0.378 e. The van der Waals surface area contributed by atoms with Crippen LogP contribution in [0.4, 0.5) is 11.4 Å². The van der Waals surface area contributed by atoms with E-state index in [1.807, 2.05) is 48.7 Å². The molecule has 0 atom stereocenters. The van der Waals surface area contributed by atoms with Crippen molar-refractivity contribution in [1.82, 2.24) is 10.9 Å². The lowest BCUT2D eigenvalue weighted by atomic mass is 10.2. The van der Waals surface area contributed by atoms with Gasteiger partial charge < -0.3 is 10.6 Å². The summed E-state index contributed by atoms with van der Waals surface area (Å²) >= 11 is 4.64. The van der Waals surface area contributed by atoms with Gasteiger partial charge in [-0.25, -0.2) is 4.99 Å². The van der Waals surface area contributed by atoms with Crippen LogP contribution in [0, 0.1) is 0 Å². The number of hydrazone groups is 1. The molecule has 0 bridgehead atoms. The Bertz CT molecular complexity index is 523. The van der Waals surface area contributed by atoms with E-state index >= 15 is 0 Å². The summed E-state index contributed by atoms with van der Waals surface area (Å²) in [6.07, 6.45) is 0. The zero-order chi connectivity index (χ0) is 15.1. The molecule has 0 unspecified atom stereocenters. The summed E-state index contributed by atoms with van der Waals surface area (Å²) in [6, 6.07) is 7.52. The molecule has 8 heteroatoms. The summed E-state index contributed by atoms with van der Waals surface area (Å²) in [7, 11) is 3.91. The number of hydrogen-bond acceptors (Lipinski definition) is 5. The first-order valence-electron chi connectivity index (χ1n) is 5.80. The van der Waals surface area contributed by atoms with Crippen LogP contribution < -0.4 is 21.5 Å². The molecule has 1 aromatic carbocycles. The van der Waals surface area contributed by atoms with Gasteiger partial charge in [-0.2, -0.15) is 5.10 Å². The van der Waals surface area contributed by atoms with Gasteiger partial charge in [0.05, 0.1) is 5.69 Å². The van der Waals surface area contributed by atoms with Crippen molar-refractivity contribution >= 4 is 40.3 Å². The molecule has 0 aliphatic carbocycles. The van der Waals surface area contributed by atoms with Gasteiger partial charge in [-0.1, -0.05) is 0 Å². The van der Waals surface area contributed by atoms with Crippen LogP contribution in [0.5, 0.6) is 0 Å². The molecule has 1 aromatic rings. The van der Waals surface area contributed by atoms with Crippen LogP contribution in [0.1, 0.15) is 6.92 Å². The van der Waals surface area contributed by atoms with E-state index < -0.39 is 0 Å². The number of hydroxylamine groups is 1. The van der Waals surface area contributed by atoms with E-state index in [4.69, 9.17) is 10.9 Å². The van der Waals surface area contributed by atoms with Crippen molar-refractivity contribution in [2.24, 2.45) is 15.8 Å². The number of amidine groups is 1. The van der Waals surface area contributed by atoms with Gasteiger partial charge in [0.1, 0.15) is 5.71 Å². The summed E-state index contributed by atoms with van der Waals surface area (Å²) in [5, 5.41) is 13.0. The van der Waals surface area contributed by atoms with Gasteiger partial charge in [0, 0.05) is 19.8 Å². The number of hydrogen-bond donors (Lipinski definition) is 4. The average molecular weight is 294 g/mol. The van der Waals surface area contributed by atoms with Crippen molar-refractivity contribution < 1.29 is 5.21 Å². The smallest absolute Gasteiger partial charge is 0.184 e. The minimum absolute atomic E-state index is 0.0389. The summed E-state index contributed by atoms with van der Waals surface area (Å²) < 4.78 is 0. The summed E-state index contributed by atoms with van der Waals surface area (Å²) in [5.41, 5.74) is 11.8. The van der Waals surface area contributed by atoms with E-state index in [0.717, 1.165) is 5.69 Å². The Morgan fingerprint density at radius 2 is 1.90 bits per heavy atom. The summed E-state index contributed by atoms with van der Waals surface area (Å²) in [4.78, 5) is 6.22. The molecule has 0 fully saturated rings. The molecule has 5 N–H and O–H groups in total. The van der Waals surface area contributed by atoms with Crippen LogP contribution >= 0.6 is 12.2 Å². The van der Waals surface area contributed by atoms with Gasteiger partial charge in [0.2, 0.25) is 0 Å². The van der Waals surface area contributed by atoms with E-state index in [1.54, 1.807) is 6.92 Å². The molecule has 20 heavy (non-hydrogen) atoms. The minimum atomic E-state index is 0.0389. The average Bonchev–Trinajstić information content (AvgIpc) is 2.42. The van der Waals surface area contributed by atoms with E-state index in [-0.39, 0.29) is 10.9 Å². The van der Waals surface area contributed by atoms with Gasteiger partial charge in [-0.3, -0.25) is 16.1 Å². The van der Waals surface area contributed by atoms with Crippen LogP contribution in [-0.2, 0) is 0 Å². The highest BCUT2D eigenvalue weighted by molar-refractivity contribution is 7.80. The van der Waals surface area contributed by atoms with Crippen LogP contribution in [0.15, 0.2) is 34.4 Å². The van der Waals surface area contributed by atoms with Crippen LogP contribution in [0.25, 0.3) is 0 Å². The molecule has 0 spiro atoms. The molecule has 0 radical (unpaired) electrons. The first-order chi connectivity index (χ1) is 9.43. The summed E-state index contributed by atoms with van der Waals surface area (Å²) in [5.74, 6) is 0.200. The summed E-state index contributed by atoms with van der Waals surface area (Å²) in [6.45, 7) is 1.65. The third kappa shape index (κ3) is 4.82. The molecular weight excluding hydrogens is 276 g/mol. The van der Waals surface area contributed by atoms with Crippen molar-refractivity contribution in [2.45, 2.75) is 6.92 Å². The molecule has 0 saturated heterocycles. The highest BCUT2D eigenvalue weighted by Crippen LogP contribution is 2.18. The fraction of sp³-hybridized carbons (Fsp3) is 0.250. The fourth-order valence-electron chi connectivity index (χ4n) is 1.33. The molecule has 0 heterocycles. The molecular formula is C12H18N6OS. The minimum Gasteiger partial charge on any atom is -0.378 e. The molecule has 0 amide bonds. The topological polar surface area (TPSA) is 98.3 Å². The Morgan fingerprint density at radius 3 is 2.35 bits per heavy atom. The number of aliphatic imine (C=N–C) groups is 1. The number of anilines is 1. The zero-order valence-electron chi connectivity index (χ0n) is 11.6. The van der Waals surface area contributed by atoms with E-state index in [0.29, 0.717) is 11.4 Å². The lowest BCUT2D eigenvalue weighted by molar-refractivity contribution is 0.236. The van der Waals surface area contributed by atoms with E-state index in [9.17, 15) is 0 Å². The van der Waals surface area contributed by atoms with Crippen molar-refractivity contribution in [3.05, 3.63) is 24.3 Å². The van der Waals surface area contributed by atoms with Crippen molar-refractivity contribution in [1.29, 1.82) is 0 Å². The second-order valence-electron chi connectivity index (χ2n) is 4.16. The van der Waals surface area contributed by atoms with Gasteiger partial charge in [0.25, 0.3) is 0 Å².